The molecule has 5 N–H and O–H groups in total. The maximum atomic E-state index is 12.0. The first-order valence-electron chi connectivity index (χ1n) is 6.47. The van der Waals surface area contributed by atoms with Crippen LogP contribution in [0.2, 0.25) is 0 Å². The second kappa shape index (κ2) is 7.53. The molecule has 0 saturated heterocycles. The van der Waals surface area contributed by atoms with E-state index in [-0.39, 0.29) is 5.91 Å². The van der Waals surface area contributed by atoms with Gasteiger partial charge in [-0.3, -0.25) is 9.59 Å². The van der Waals surface area contributed by atoms with Crippen molar-refractivity contribution in [2.75, 3.05) is 0 Å². The van der Waals surface area contributed by atoms with Crippen LogP contribution in [0.4, 0.5) is 0 Å². The van der Waals surface area contributed by atoms with E-state index in [1.165, 1.54) is 0 Å². The third kappa shape index (κ3) is 4.71. The van der Waals surface area contributed by atoms with E-state index in [2.05, 4.69) is 5.32 Å². The summed E-state index contributed by atoms with van der Waals surface area (Å²) in [6.07, 6.45) is 2.36. The molecule has 0 aliphatic rings. The highest BCUT2D eigenvalue weighted by atomic mass is 16.2. The van der Waals surface area contributed by atoms with Gasteiger partial charge in [0.25, 0.3) is 5.91 Å². The molecular formula is C14H21N3O2. The zero-order valence-corrected chi connectivity index (χ0v) is 11.2. The Morgan fingerprint density at radius 2 is 1.89 bits per heavy atom. The third-order valence-electron chi connectivity index (χ3n) is 2.95. The van der Waals surface area contributed by atoms with Crippen LogP contribution in [0.25, 0.3) is 0 Å². The molecule has 5 nitrogen and oxygen atoms in total. The number of carbonyl (C=O) groups is 2. The van der Waals surface area contributed by atoms with Crippen LogP contribution in [-0.2, 0) is 11.3 Å². The first-order valence-corrected chi connectivity index (χ1v) is 6.47. The van der Waals surface area contributed by atoms with E-state index in [4.69, 9.17) is 11.5 Å². The number of amides is 2. The smallest absolute Gasteiger partial charge is 0.251 e. The van der Waals surface area contributed by atoms with E-state index in [1.54, 1.807) is 24.3 Å². The highest BCUT2D eigenvalue weighted by Gasteiger charge is 2.18. The molecular weight excluding hydrogens is 242 g/mol. The van der Waals surface area contributed by atoms with Crippen LogP contribution < -0.4 is 16.8 Å². The largest absolute Gasteiger partial charge is 0.368 e. The Bertz CT molecular complexity index is 429. The summed E-state index contributed by atoms with van der Waals surface area (Å²) >= 11 is 0. The van der Waals surface area contributed by atoms with Gasteiger partial charge in [0.1, 0.15) is 6.04 Å². The van der Waals surface area contributed by atoms with E-state index in [0.29, 0.717) is 18.5 Å². The predicted octanol–water partition coefficient (Wildman–Crippen LogP) is 0.919. The van der Waals surface area contributed by atoms with E-state index >= 15 is 0 Å². The van der Waals surface area contributed by atoms with E-state index < -0.39 is 11.9 Å². The maximum absolute atomic E-state index is 12.0. The minimum Gasteiger partial charge on any atom is -0.368 e. The summed E-state index contributed by atoms with van der Waals surface area (Å²) in [6.45, 7) is 2.45. The van der Waals surface area contributed by atoms with Crippen molar-refractivity contribution in [2.45, 2.75) is 38.8 Å². The van der Waals surface area contributed by atoms with Crippen molar-refractivity contribution < 1.29 is 9.59 Å². The van der Waals surface area contributed by atoms with Gasteiger partial charge in [0.05, 0.1) is 0 Å². The normalized spacial score (nSPS) is 11.9. The average molecular weight is 263 g/mol. The molecule has 0 fully saturated rings. The van der Waals surface area contributed by atoms with Crippen molar-refractivity contribution in [1.82, 2.24) is 5.32 Å². The molecule has 0 aliphatic heterocycles. The molecule has 0 aliphatic carbocycles. The van der Waals surface area contributed by atoms with Crippen LogP contribution in [0, 0.1) is 0 Å². The zero-order valence-electron chi connectivity index (χ0n) is 11.2. The topological polar surface area (TPSA) is 98.2 Å². The fourth-order valence-electron chi connectivity index (χ4n) is 1.73. The van der Waals surface area contributed by atoms with Crippen LogP contribution in [0.1, 0.15) is 42.1 Å². The van der Waals surface area contributed by atoms with Crippen LogP contribution in [0.3, 0.4) is 0 Å². The summed E-state index contributed by atoms with van der Waals surface area (Å²) in [4.78, 5) is 23.2. The summed E-state index contributed by atoms with van der Waals surface area (Å²) in [7, 11) is 0. The second-order valence-electron chi connectivity index (χ2n) is 4.47. The van der Waals surface area contributed by atoms with Crippen molar-refractivity contribution in [2.24, 2.45) is 11.5 Å². The lowest BCUT2D eigenvalue weighted by Gasteiger charge is -2.15. The van der Waals surface area contributed by atoms with Crippen molar-refractivity contribution in [1.29, 1.82) is 0 Å². The van der Waals surface area contributed by atoms with Crippen LogP contribution in [-0.4, -0.2) is 17.9 Å². The zero-order chi connectivity index (χ0) is 14.3. The summed E-state index contributed by atoms with van der Waals surface area (Å²) in [6, 6.07) is 6.35. The van der Waals surface area contributed by atoms with Crippen molar-refractivity contribution in [3.05, 3.63) is 35.4 Å². The highest BCUT2D eigenvalue weighted by Crippen LogP contribution is 2.06. The van der Waals surface area contributed by atoms with E-state index in [0.717, 1.165) is 18.4 Å². The summed E-state index contributed by atoms with van der Waals surface area (Å²) in [5.41, 5.74) is 12.2. The standard InChI is InChI=1S/C14H21N3O2/c1-2-3-4-12(13(16)18)17-14(19)11-7-5-10(9-15)6-8-11/h5-8,12H,2-4,9,15H2,1H3,(H2,16,18)(H,17,19). The van der Waals surface area contributed by atoms with Gasteiger partial charge in [-0.15, -0.1) is 0 Å². The lowest BCUT2D eigenvalue weighted by molar-refractivity contribution is -0.120. The summed E-state index contributed by atoms with van der Waals surface area (Å²) in [5, 5.41) is 2.66. The average Bonchev–Trinajstić information content (AvgIpc) is 2.43. The van der Waals surface area contributed by atoms with Crippen LogP contribution in [0.15, 0.2) is 24.3 Å². The Morgan fingerprint density at radius 1 is 1.26 bits per heavy atom. The molecule has 0 saturated carbocycles. The van der Waals surface area contributed by atoms with E-state index in [1.807, 2.05) is 6.92 Å². The number of primary amides is 1. The molecule has 104 valence electrons. The number of hydrogen-bond acceptors (Lipinski definition) is 3. The van der Waals surface area contributed by atoms with Gasteiger partial charge in [0, 0.05) is 12.1 Å². The molecule has 19 heavy (non-hydrogen) atoms. The summed E-state index contributed by atoms with van der Waals surface area (Å²) in [5.74, 6) is -0.788. The number of carbonyl (C=O) groups excluding carboxylic acids is 2. The van der Waals surface area contributed by atoms with E-state index in [9.17, 15) is 9.59 Å². The Kier molecular flexibility index (Phi) is 6.02. The van der Waals surface area contributed by atoms with Gasteiger partial charge < -0.3 is 16.8 Å². The minimum absolute atomic E-state index is 0.288. The number of hydrogen-bond donors (Lipinski definition) is 3. The van der Waals surface area contributed by atoms with Crippen molar-refractivity contribution in [3.63, 3.8) is 0 Å². The third-order valence-corrected chi connectivity index (χ3v) is 2.95. The fourth-order valence-corrected chi connectivity index (χ4v) is 1.73. The van der Waals surface area contributed by atoms with Gasteiger partial charge in [0.15, 0.2) is 0 Å². The van der Waals surface area contributed by atoms with Gasteiger partial charge in [0.2, 0.25) is 5.91 Å². The quantitative estimate of drug-likeness (QED) is 0.682. The number of nitrogens with two attached hydrogens (primary N) is 2. The Hall–Kier alpha value is -1.88. The monoisotopic (exact) mass is 263 g/mol. The predicted molar refractivity (Wildman–Crippen MR) is 74.3 cm³/mol. The van der Waals surface area contributed by atoms with Gasteiger partial charge in [-0.25, -0.2) is 0 Å². The lowest BCUT2D eigenvalue weighted by Crippen LogP contribution is -2.44. The first kappa shape index (κ1) is 15.2. The molecule has 0 spiro atoms. The molecule has 0 radical (unpaired) electrons. The van der Waals surface area contributed by atoms with Crippen LogP contribution >= 0.6 is 0 Å². The molecule has 0 heterocycles. The Labute approximate surface area is 113 Å². The molecule has 1 unspecified atom stereocenters. The van der Waals surface area contributed by atoms with Gasteiger partial charge in [-0.1, -0.05) is 31.9 Å². The molecule has 0 bridgehead atoms. The highest BCUT2D eigenvalue weighted by molar-refractivity contribution is 5.97. The number of rotatable bonds is 7. The van der Waals surface area contributed by atoms with Crippen LogP contribution in [0.5, 0.6) is 0 Å². The molecule has 0 aromatic heterocycles. The molecule has 1 aromatic carbocycles. The van der Waals surface area contributed by atoms with Crippen molar-refractivity contribution in [3.8, 4) is 0 Å². The fraction of sp³-hybridized carbons (Fsp3) is 0.429. The van der Waals surface area contributed by atoms with Gasteiger partial charge >= 0.3 is 0 Å². The lowest BCUT2D eigenvalue weighted by atomic mass is 10.1. The number of nitrogens with one attached hydrogen (secondary N) is 1. The Balaban J connectivity index is 2.67. The van der Waals surface area contributed by atoms with Crippen molar-refractivity contribution >= 4 is 11.8 Å². The SMILES string of the molecule is CCCCC(NC(=O)c1ccc(CN)cc1)C(N)=O. The summed E-state index contributed by atoms with van der Waals surface area (Å²) < 4.78 is 0. The second-order valence-corrected chi connectivity index (χ2v) is 4.47. The molecule has 1 aromatic rings. The minimum atomic E-state index is -0.610. The Morgan fingerprint density at radius 3 is 2.37 bits per heavy atom. The molecule has 1 atom stereocenters. The molecule has 1 rings (SSSR count). The first-order chi connectivity index (χ1) is 9.08. The van der Waals surface area contributed by atoms with Gasteiger partial charge in [-0.05, 0) is 24.1 Å². The maximum Gasteiger partial charge on any atom is 0.251 e. The molecule has 2 amide bonds. The number of benzene rings is 1. The number of unbranched alkanes of at least 4 members (excludes halogenated alkanes) is 1. The molecule has 5 heteroatoms. The van der Waals surface area contributed by atoms with Gasteiger partial charge in [-0.2, -0.15) is 0 Å².